The van der Waals surface area contributed by atoms with Crippen LogP contribution in [0, 0.1) is 5.92 Å². The van der Waals surface area contributed by atoms with Crippen molar-refractivity contribution in [1.29, 1.82) is 0 Å². The predicted octanol–water partition coefficient (Wildman–Crippen LogP) is 2.47. The summed E-state index contributed by atoms with van der Waals surface area (Å²) in [6, 6.07) is 7.92. The van der Waals surface area contributed by atoms with Gasteiger partial charge in [0.2, 0.25) is 0 Å². The van der Waals surface area contributed by atoms with Crippen molar-refractivity contribution in [1.82, 2.24) is 0 Å². The average Bonchev–Trinajstić information content (AvgIpc) is 3.03. The summed E-state index contributed by atoms with van der Waals surface area (Å²) in [5, 5.41) is 0. The molecule has 2 nitrogen and oxygen atoms in total. The topological polar surface area (TPSA) is 26.3 Å². The Morgan fingerprint density at radius 1 is 1.33 bits per heavy atom. The Bertz CT molecular complexity index is 336. The van der Waals surface area contributed by atoms with Crippen molar-refractivity contribution < 1.29 is 9.53 Å². The van der Waals surface area contributed by atoms with Gasteiger partial charge in [-0.2, -0.15) is 0 Å². The van der Waals surface area contributed by atoms with Gasteiger partial charge in [0.1, 0.15) is 6.61 Å². The zero-order valence-corrected chi connectivity index (χ0v) is 9.03. The van der Waals surface area contributed by atoms with Crippen molar-refractivity contribution in [2.75, 3.05) is 13.7 Å². The SMILES string of the molecule is COCC(=O)c1ccc(CC2CC2)cc1. The van der Waals surface area contributed by atoms with Crippen LogP contribution in [0.2, 0.25) is 0 Å². The fraction of sp³-hybridized carbons (Fsp3) is 0.462. The molecule has 2 heteroatoms. The molecule has 1 aromatic rings. The lowest BCUT2D eigenvalue weighted by Gasteiger charge is -2.02. The van der Waals surface area contributed by atoms with Gasteiger partial charge >= 0.3 is 0 Å². The van der Waals surface area contributed by atoms with Crippen LogP contribution in [-0.2, 0) is 11.2 Å². The van der Waals surface area contributed by atoms with Gasteiger partial charge in [-0.15, -0.1) is 0 Å². The lowest BCUT2D eigenvalue weighted by atomic mass is 10.0. The molecule has 0 saturated heterocycles. The number of rotatable bonds is 5. The summed E-state index contributed by atoms with van der Waals surface area (Å²) in [5.41, 5.74) is 2.09. The Morgan fingerprint density at radius 2 is 2.00 bits per heavy atom. The third-order valence-electron chi connectivity index (χ3n) is 2.77. The highest BCUT2D eigenvalue weighted by Gasteiger charge is 2.21. The number of carbonyl (C=O) groups excluding carboxylic acids is 1. The second-order valence-corrected chi connectivity index (χ2v) is 4.20. The standard InChI is InChI=1S/C13H16O2/c1-15-9-13(14)12-6-4-11(5-7-12)8-10-2-3-10/h4-7,10H,2-3,8-9H2,1H3. The van der Waals surface area contributed by atoms with Gasteiger partial charge in [-0.1, -0.05) is 24.3 Å². The highest BCUT2D eigenvalue weighted by Crippen LogP contribution is 2.32. The summed E-state index contributed by atoms with van der Waals surface area (Å²) < 4.78 is 4.81. The number of Topliss-reactive ketones (excluding diaryl/α,β-unsaturated/α-hetero) is 1. The van der Waals surface area contributed by atoms with Gasteiger partial charge < -0.3 is 4.74 Å². The largest absolute Gasteiger partial charge is 0.377 e. The Hall–Kier alpha value is -1.15. The predicted molar refractivity (Wildman–Crippen MR) is 59.1 cm³/mol. The minimum absolute atomic E-state index is 0.0514. The van der Waals surface area contributed by atoms with E-state index in [2.05, 4.69) is 12.1 Å². The molecule has 0 aliphatic heterocycles. The van der Waals surface area contributed by atoms with Gasteiger partial charge in [0.25, 0.3) is 0 Å². The number of hydrogen-bond acceptors (Lipinski definition) is 2. The number of methoxy groups -OCH3 is 1. The van der Waals surface area contributed by atoms with Crippen LogP contribution in [-0.4, -0.2) is 19.5 Å². The fourth-order valence-corrected chi connectivity index (χ4v) is 1.70. The van der Waals surface area contributed by atoms with Crippen LogP contribution >= 0.6 is 0 Å². The maximum Gasteiger partial charge on any atom is 0.188 e. The molecule has 0 aromatic heterocycles. The lowest BCUT2D eigenvalue weighted by molar-refractivity contribution is 0.0848. The number of ether oxygens (including phenoxy) is 1. The molecule has 1 saturated carbocycles. The molecule has 2 rings (SSSR count). The van der Waals surface area contributed by atoms with E-state index in [0.29, 0.717) is 0 Å². The first-order valence-electron chi connectivity index (χ1n) is 5.40. The first-order valence-corrected chi connectivity index (χ1v) is 5.40. The Balaban J connectivity index is 1.99. The molecule has 0 amide bonds. The molecule has 15 heavy (non-hydrogen) atoms. The van der Waals surface area contributed by atoms with Crippen LogP contribution in [0.1, 0.15) is 28.8 Å². The molecule has 0 spiro atoms. The quantitative estimate of drug-likeness (QED) is 0.689. The number of ketones is 1. The van der Waals surface area contributed by atoms with Gasteiger partial charge in [-0.25, -0.2) is 0 Å². The summed E-state index contributed by atoms with van der Waals surface area (Å²) >= 11 is 0. The van der Waals surface area contributed by atoms with Crippen LogP contribution in [0.5, 0.6) is 0 Å². The number of benzene rings is 1. The van der Waals surface area contributed by atoms with Crippen molar-refractivity contribution >= 4 is 5.78 Å². The van der Waals surface area contributed by atoms with E-state index >= 15 is 0 Å². The van der Waals surface area contributed by atoms with Crippen molar-refractivity contribution in [3.05, 3.63) is 35.4 Å². The second-order valence-electron chi connectivity index (χ2n) is 4.20. The molecular formula is C13H16O2. The van der Waals surface area contributed by atoms with E-state index in [1.165, 1.54) is 24.8 Å². The molecule has 0 atom stereocenters. The van der Waals surface area contributed by atoms with Crippen molar-refractivity contribution in [2.45, 2.75) is 19.3 Å². The number of hydrogen-bond donors (Lipinski definition) is 0. The molecule has 1 aromatic carbocycles. The first-order chi connectivity index (χ1) is 7.29. The minimum atomic E-state index is 0.0514. The van der Waals surface area contributed by atoms with E-state index in [0.717, 1.165) is 11.5 Å². The molecule has 0 N–H and O–H groups in total. The summed E-state index contributed by atoms with van der Waals surface area (Å²) in [6.45, 7) is 0.169. The van der Waals surface area contributed by atoms with Gasteiger partial charge in [0.05, 0.1) is 0 Å². The Labute approximate surface area is 90.3 Å². The minimum Gasteiger partial charge on any atom is -0.377 e. The molecule has 0 heterocycles. The Kier molecular flexibility index (Phi) is 3.17. The molecule has 80 valence electrons. The van der Waals surface area contributed by atoms with Gasteiger partial charge in [0, 0.05) is 12.7 Å². The number of carbonyl (C=O) groups is 1. The highest BCUT2D eigenvalue weighted by molar-refractivity contribution is 5.97. The molecule has 1 fully saturated rings. The van der Waals surface area contributed by atoms with Crippen LogP contribution < -0.4 is 0 Å². The zero-order valence-electron chi connectivity index (χ0n) is 9.03. The van der Waals surface area contributed by atoms with Crippen molar-refractivity contribution in [3.63, 3.8) is 0 Å². The second kappa shape index (κ2) is 4.58. The van der Waals surface area contributed by atoms with E-state index in [1.54, 1.807) is 7.11 Å². The van der Waals surface area contributed by atoms with Crippen LogP contribution in [0.25, 0.3) is 0 Å². The summed E-state index contributed by atoms with van der Waals surface area (Å²) in [5.74, 6) is 0.945. The third-order valence-corrected chi connectivity index (χ3v) is 2.77. The fourth-order valence-electron chi connectivity index (χ4n) is 1.70. The normalized spacial score (nSPS) is 15.3. The monoisotopic (exact) mass is 204 g/mol. The first kappa shape index (κ1) is 10.4. The summed E-state index contributed by atoms with van der Waals surface area (Å²) in [6.07, 6.45) is 3.90. The van der Waals surface area contributed by atoms with E-state index in [-0.39, 0.29) is 12.4 Å². The molecule has 1 aliphatic carbocycles. The maximum absolute atomic E-state index is 11.5. The zero-order chi connectivity index (χ0) is 10.7. The molecule has 1 aliphatic rings. The van der Waals surface area contributed by atoms with E-state index in [4.69, 9.17) is 4.74 Å². The lowest BCUT2D eigenvalue weighted by Crippen LogP contribution is -2.06. The van der Waals surface area contributed by atoms with Gasteiger partial charge in [0.15, 0.2) is 5.78 Å². The molecular weight excluding hydrogens is 188 g/mol. The maximum atomic E-state index is 11.5. The molecule has 0 unspecified atom stereocenters. The van der Waals surface area contributed by atoms with E-state index in [9.17, 15) is 4.79 Å². The smallest absolute Gasteiger partial charge is 0.188 e. The van der Waals surface area contributed by atoms with Crippen LogP contribution in [0.4, 0.5) is 0 Å². The third kappa shape index (κ3) is 2.90. The summed E-state index contributed by atoms with van der Waals surface area (Å²) in [7, 11) is 1.54. The Morgan fingerprint density at radius 3 is 2.53 bits per heavy atom. The highest BCUT2D eigenvalue weighted by atomic mass is 16.5. The van der Waals surface area contributed by atoms with Gasteiger partial charge in [-0.3, -0.25) is 4.79 Å². The average molecular weight is 204 g/mol. The van der Waals surface area contributed by atoms with Crippen molar-refractivity contribution in [3.8, 4) is 0 Å². The van der Waals surface area contributed by atoms with Crippen molar-refractivity contribution in [2.24, 2.45) is 5.92 Å². The summed E-state index contributed by atoms with van der Waals surface area (Å²) in [4.78, 5) is 11.5. The molecule has 0 bridgehead atoms. The van der Waals surface area contributed by atoms with Crippen LogP contribution in [0.15, 0.2) is 24.3 Å². The van der Waals surface area contributed by atoms with E-state index < -0.39 is 0 Å². The van der Waals surface area contributed by atoms with Gasteiger partial charge in [-0.05, 0) is 30.7 Å². The molecule has 0 radical (unpaired) electrons. The van der Waals surface area contributed by atoms with E-state index in [1.807, 2.05) is 12.1 Å². The van der Waals surface area contributed by atoms with Crippen LogP contribution in [0.3, 0.4) is 0 Å².